The van der Waals surface area contributed by atoms with Gasteiger partial charge < -0.3 is 10.1 Å². The monoisotopic (exact) mass is 408 g/mol. The normalized spacial score (nSPS) is 12.5. The summed E-state index contributed by atoms with van der Waals surface area (Å²) >= 11 is 0. The van der Waals surface area contributed by atoms with Crippen LogP contribution < -0.4 is 10.0 Å². The van der Waals surface area contributed by atoms with E-state index in [1.807, 2.05) is 0 Å². The number of hydrogen-bond acceptors (Lipinski definition) is 5. The van der Waals surface area contributed by atoms with E-state index >= 15 is 0 Å². The zero-order chi connectivity index (χ0) is 20.9. The maximum Gasteiger partial charge on any atom is 0.339 e. The molecule has 9 heteroatoms. The number of rotatable bonds is 7. The van der Waals surface area contributed by atoms with Gasteiger partial charge in [-0.3, -0.25) is 4.79 Å². The lowest BCUT2D eigenvalue weighted by atomic mass is 10.2. The Kier molecular flexibility index (Phi) is 6.87. The van der Waals surface area contributed by atoms with E-state index in [0.717, 1.165) is 6.07 Å². The molecule has 0 aliphatic carbocycles. The number of sulfonamides is 1. The highest BCUT2D eigenvalue weighted by molar-refractivity contribution is 7.89. The van der Waals surface area contributed by atoms with E-state index in [-0.39, 0.29) is 16.5 Å². The molecule has 1 amide bonds. The van der Waals surface area contributed by atoms with Crippen molar-refractivity contribution >= 4 is 27.6 Å². The molecule has 0 spiro atoms. The van der Waals surface area contributed by atoms with Crippen LogP contribution in [-0.4, -0.2) is 32.4 Å². The fourth-order valence-corrected chi connectivity index (χ4v) is 3.49. The molecule has 0 aliphatic heterocycles. The molecule has 0 unspecified atom stereocenters. The Morgan fingerprint density at radius 3 is 2.25 bits per heavy atom. The number of nitrogens with one attached hydrogen (secondary N) is 2. The van der Waals surface area contributed by atoms with Crippen molar-refractivity contribution in [3.8, 4) is 0 Å². The standard InChI is InChI=1S/C19H21FN2O5S/c1-12(2)22-28(25,26)17-9-7-16(8-10-17)21-18(23)13(3)27-19(24)14-5-4-6-15(20)11-14/h4-13,22H,1-3H3,(H,21,23)/t13-/m1/s1. The molecule has 2 N–H and O–H groups in total. The average Bonchev–Trinajstić information content (AvgIpc) is 2.61. The van der Waals surface area contributed by atoms with E-state index in [2.05, 4.69) is 10.0 Å². The summed E-state index contributed by atoms with van der Waals surface area (Å²) in [4.78, 5) is 24.2. The second-order valence-electron chi connectivity index (χ2n) is 6.35. The van der Waals surface area contributed by atoms with E-state index in [0.29, 0.717) is 5.69 Å². The molecule has 1 atom stereocenters. The lowest BCUT2D eigenvalue weighted by Gasteiger charge is -2.14. The minimum atomic E-state index is -3.63. The van der Waals surface area contributed by atoms with Crippen molar-refractivity contribution in [2.24, 2.45) is 0 Å². The number of carbonyl (C=O) groups is 2. The summed E-state index contributed by atoms with van der Waals surface area (Å²) in [5.41, 5.74) is 0.328. The Balaban J connectivity index is 1.99. The molecular weight excluding hydrogens is 387 g/mol. The van der Waals surface area contributed by atoms with Gasteiger partial charge in [0.1, 0.15) is 5.82 Å². The zero-order valence-corrected chi connectivity index (χ0v) is 16.4. The molecule has 0 saturated carbocycles. The van der Waals surface area contributed by atoms with E-state index in [9.17, 15) is 22.4 Å². The number of ether oxygens (including phenoxy) is 1. The van der Waals surface area contributed by atoms with E-state index < -0.39 is 33.8 Å². The summed E-state index contributed by atoms with van der Waals surface area (Å²) in [6.07, 6.45) is -1.14. The van der Waals surface area contributed by atoms with Gasteiger partial charge in [-0.25, -0.2) is 22.3 Å². The number of anilines is 1. The van der Waals surface area contributed by atoms with Gasteiger partial charge in [-0.1, -0.05) is 6.07 Å². The lowest BCUT2D eigenvalue weighted by Crippen LogP contribution is -2.30. The molecule has 28 heavy (non-hydrogen) atoms. The maximum atomic E-state index is 13.2. The Bertz CT molecular complexity index is 959. The summed E-state index contributed by atoms with van der Waals surface area (Å²) < 4.78 is 44.8. The number of halogens is 1. The van der Waals surface area contributed by atoms with Gasteiger partial charge in [0.25, 0.3) is 5.91 Å². The first-order valence-electron chi connectivity index (χ1n) is 8.48. The van der Waals surface area contributed by atoms with Crippen LogP contribution in [0.2, 0.25) is 0 Å². The van der Waals surface area contributed by atoms with Crippen LogP contribution in [0.25, 0.3) is 0 Å². The molecular formula is C19H21FN2O5S. The van der Waals surface area contributed by atoms with Crippen LogP contribution in [0.4, 0.5) is 10.1 Å². The predicted octanol–water partition coefficient (Wildman–Crippen LogP) is 2.70. The summed E-state index contributed by atoms with van der Waals surface area (Å²) in [5, 5.41) is 2.52. The average molecular weight is 408 g/mol. The van der Waals surface area contributed by atoms with Crippen molar-refractivity contribution in [1.29, 1.82) is 0 Å². The number of benzene rings is 2. The summed E-state index contributed by atoms with van der Waals surface area (Å²) in [6.45, 7) is 4.79. The minimum Gasteiger partial charge on any atom is -0.449 e. The highest BCUT2D eigenvalue weighted by Crippen LogP contribution is 2.15. The Hall–Kier alpha value is -2.78. The smallest absolute Gasteiger partial charge is 0.339 e. The molecule has 150 valence electrons. The summed E-state index contributed by atoms with van der Waals surface area (Å²) in [5.74, 6) is -2.03. The molecule has 0 aromatic heterocycles. The molecule has 0 radical (unpaired) electrons. The third-order valence-corrected chi connectivity index (χ3v) is 5.21. The van der Waals surface area contributed by atoms with Crippen molar-refractivity contribution in [3.63, 3.8) is 0 Å². The van der Waals surface area contributed by atoms with Crippen LogP contribution in [0, 0.1) is 5.82 Å². The Morgan fingerprint density at radius 2 is 1.68 bits per heavy atom. The van der Waals surface area contributed by atoms with Gasteiger partial charge >= 0.3 is 5.97 Å². The van der Waals surface area contributed by atoms with Gasteiger partial charge in [0.2, 0.25) is 10.0 Å². The first kappa shape index (κ1) is 21.5. The second-order valence-corrected chi connectivity index (χ2v) is 8.06. The molecule has 0 bridgehead atoms. The molecule has 0 aliphatic rings. The summed E-state index contributed by atoms with van der Waals surface area (Å²) in [6, 6.07) is 10.2. The van der Waals surface area contributed by atoms with Crippen molar-refractivity contribution in [1.82, 2.24) is 4.72 Å². The molecule has 0 heterocycles. The fraction of sp³-hybridized carbons (Fsp3) is 0.263. The largest absolute Gasteiger partial charge is 0.449 e. The van der Waals surface area contributed by atoms with Crippen molar-refractivity contribution < 1.29 is 27.1 Å². The van der Waals surface area contributed by atoms with Crippen molar-refractivity contribution in [2.45, 2.75) is 37.8 Å². The number of carbonyl (C=O) groups excluding carboxylic acids is 2. The fourth-order valence-electron chi connectivity index (χ4n) is 2.24. The number of hydrogen-bond donors (Lipinski definition) is 2. The van der Waals surface area contributed by atoms with Crippen LogP contribution in [-0.2, 0) is 19.6 Å². The molecule has 0 fully saturated rings. The minimum absolute atomic E-state index is 0.00754. The quantitative estimate of drug-likeness (QED) is 0.686. The molecule has 2 aromatic rings. The van der Waals surface area contributed by atoms with Crippen LogP contribution >= 0.6 is 0 Å². The molecule has 7 nitrogen and oxygen atoms in total. The zero-order valence-electron chi connectivity index (χ0n) is 15.6. The summed E-state index contributed by atoms with van der Waals surface area (Å²) in [7, 11) is -3.63. The van der Waals surface area contributed by atoms with Gasteiger partial charge in [0.15, 0.2) is 6.10 Å². The first-order valence-corrected chi connectivity index (χ1v) is 9.96. The van der Waals surface area contributed by atoms with Crippen LogP contribution in [0.5, 0.6) is 0 Å². The number of esters is 1. The third kappa shape index (κ3) is 5.86. The van der Waals surface area contributed by atoms with Gasteiger partial charge in [0, 0.05) is 11.7 Å². The van der Waals surface area contributed by atoms with Crippen LogP contribution in [0.3, 0.4) is 0 Å². The predicted molar refractivity (Wildman–Crippen MR) is 102 cm³/mol. The topological polar surface area (TPSA) is 102 Å². The first-order chi connectivity index (χ1) is 13.1. The highest BCUT2D eigenvalue weighted by Gasteiger charge is 2.20. The van der Waals surface area contributed by atoms with Crippen molar-refractivity contribution in [3.05, 3.63) is 59.9 Å². The van der Waals surface area contributed by atoms with Gasteiger partial charge in [-0.05, 0) is 63.2 Å². The van der Waals surface area contributed by atoms with Crippen LogP contribution in [0.15, 0.2) is 53.4 Å². The molecule has 0 saturated heterocycles. The van der Waals surface area contributed by atoms with Gasteiger partial charge in [0.05, 0.1) is 10.5 Å². The van der Waals surface area contributed by atoms with Gasteiger partial charge in [-0.2, -0.15) is 0 Å². The SMILES string of the molecule is CC(C)NS(=O)(=O)c1ccc(NC(=O)[C@@H](C)OC(=O)c2cccc(F)c2)cc1. The van der Waals surface area contributed by atoms with Crippen LogP contribution in [0.1, 0.15) is 31.1 Å². The maximum absolute atomic E-state index is 13.2. The van der Waals surface area contributed by atoms with Gasteiger partial charge in [-0.15, -0.1) is 0 Å². The van der Waals surface area contributed by atoms with E-state index in [1.165, 1.54) is 49.4 Å². The molecule has 2 rings (SSSR count). The lowest BCUT2D eigenvalue weighted by molar-refractivity contribution is -0.123. The Morgan fingerprint density at radius 1 is 1.04 bits per heavy atom. The molecule has 2 aromatic carbocycles. The highest BCUT2D eigenvalue weighted by atomic mass is 32.2. The van der Waals surface area contributed by atoms with E-state index in [1.54, 1.807) is 13.8 Å². The second kappa shape index (κ2) is 8.94. The van der Waals surface area contributed by atoms with Crippen molar-refractivity contribution in [2.75, 3.05) is 5.32 Å². The third-order valence-electron chi connectivity index (χ3n) is 3.54. The van der Waals surface area contributed by atoms with E-state index in [4.69, 9.17) is 4.74 Å². The number of amides is 1. The Labute approximate surface area is 163 Å².